The molecule has 6 nitrogen and oxygen atoms in total. The first-order chi connectivity index (χ1) is 10.1. The number of nitrogens with zero attached hydrogens (tertiary/aromatic N) is 3. The molecular formula is C15H23N3O3. The van der Waals surface area contributed by atoms with Crippen LogP contribution in [0, 0.1) is 5.41 Å². The van der Waals surface area contributed by atoms with Crippen molar-refractivity contribution in [2.75, 3.05) is 24.6 Å². The molecule has 1 aromatic rings. The van der Waals surface area contributed by atoms with Crippen molar-refractivity contribution in [3.63, 3.8) is 0 Å². The van der Waals surface area contributed by atoms with E-state index in [9.17, 15) is 9.90 Å². The van der Waals surface area contributed by atoms with Crippen LogP contribution in [-0.4, -0.2) is 40.7 Å². The molecule has 6 heteroatoms. The summed E-state index contributed by atoms with van der Waals surface area (Å²) in [6.45, 7) is 5.75. The second kappa shape index (κ2) is 6.74. The topological polar surface area (TPSA) is 75.5 Å². The summed E-state index contributed by atoms with van der Waals surface area (Å²) < 4.78 is 5.37. The van der Waals surface area contributed by atoms with Gasteiger partial charge in [-0.05, 0) is 26.2 Å². The lowest BCUT2D eigenvalue weighted by Crippen LogP contribution is -2.48. The average molecular weight is 293 g/mol. The minimum Gasteiger partial charge on any atom is -0.481 e. The van der Waals surface area contributed by atoms with Gasteiger partial charge < -0.3 is 14.7 Å². The molecule has 1 fully saturated rings. The third-order valence-corrected chi connectivity index (χ3v) is 3.98. The van der Waals surface area contributed by atoms with Crippen molar-refractivity contribution in [1.82, 2.24) is 9.97 Å². The first-order valence-corrected chi connectivity index (χ1v) is 7.54. The summed E-state index contributed by atoms with van der Waals surface area (Å²) in [5, 5.41) is 9.64. The summed E-state index contributed by atoms with van der Waals surface area (Å²) in [6.07, 6.45) is 6.39. The molecule has 0 aromatic carbocycles. The minimum absolute atomic E-state index is 0.483. The Labute approximate surface area is 125 Å². The lowest BCUT2D eigenvalue weighted by atomic mass is 9.76. The number of hydrogen-bond donors (Lipinski definition) is 1. The lowest BCUT2D eigenvalue weighted by Gasteiger charge is -2.40. The van der Waals surface area contributed by atoms with E-state index in [4.69, 9.17) is 4.74 Å². The van der Waals surface area contributed by atoms with Crippen LogP contribution in [-0.2, 0) is 4.79 Å². The number of anilines is 1. The molecule has 1 aliphatic heterocycles. The van der Waals surface area contributed by atoms with Crippen LogP contribution in [0.2, 0.25) is 0 Å². The van der Waals surface area contributed by atoms with Gasteiger partial charge in [-0.2, -0.15) is 4.98 Å². The number of aromatic nitrogens is 2. The van der Waals surface area contributed by atoms with E-state index in [-0.39, 0.29) is 0 Å². The van der Waals surface area contributed by atoms with E-state index in [1.165, 1.54) is 0 Å². The number of aliphatic carboxylic acids is 1. The zero-order chi connectivity index (χ0) is 15.3. The molecule has 116 valence electrons. The molecule has 1 atom stereocenters. The molecule has 1 saturated heterocycles. The van der Waals surface area contributed by atoms with Crippen molar-refractivity contribution >= 4 is 11.8 Å². The molecule has 2 heterocycles. The summed E-state index contributed by atoms with van der Waals surface area (Å²) in [6, 6.07) is 0. The van der Waals surface area contributed by atoms with Crippen molar-refractivity contribution in [2.24, 2.45) is 5.41 Å². The van der Waals surface area contributed by atoms with Crippen LogP contribution in [0.1, 0.15) is 39.5 Å². The number of hydrogen-bond acceptors (Lipinski definition) is 5. The van der Waals surface area contributed by atoms with E-state index in [1.54, 1.807) is 12.4 Å². The van der Waals surface area contributed by atoms with Crippen LogP contribution in [0.15, 0.2) is 12.4 Å². The Bertz CT molecular complexity index is 491. The Balaban J connectivity index is 2.20. The molecule has 1 unspecified atom stereocenters. The van der Waals surface area contributed by atoms with Crippen molar-refractivity contribution in [3.05, 3.63) is 12.4 Å². The molecule has 0 bridgehead atoms. The summed E-state index contributed by atoms with van der Waals surface area (Å²) in [4.78, 5) is 22.3. The van der Waals surface area contributed by atoms with Crippen LogP contribution < -0.4 is 9.64 Å². The molecule has 21 heavy (non-hydrogen) atoms. The van der Waals surface area contributed by atoms with Crippen molar-refractivity contribution < 1.29 is 14.6 Å². The first-order valence-electron chi connectivity index (χ1n) is 7.54. The van der Waals surface area contributed by atoms with E-state index in [0.717, 1.165) is 25.8 Å². The van der Waals surface area contributed by atoms with E-state index < -0.39 is 11.4 Å². The Hall–Kier alpha value is -1.85. The number of carboxylic acids is 1. The van der Waals surface area contributed by atoms with Crippen molar-refractivity contribution in [1.29, 1.82) is 0 Å². The SMILES string of the molecule is CCCC1(C(=O)O)CCCN(c2cncc(OCC)n2)C1. The van der Waals surface area contributed by atoms with Gasteiger partial charge in [0.05, 0.1) is 24.4 Å². The van der Waals surface area contributed by atoms with Gasteiger partial charge in [0.15, 0.2) is 5.82 Å². The maximum absolute atomic E-state index is 11.7. The van der Waals surface area contributed by atoms with E-state index in [0.29, 0.717) is 31.3 Å². The molecule has 0 aliphatic carbocycles. The fourth-order valence-electron chi connectivity index (χ4n) is 3.00. The molecule has 0 saturated carbocycles. The Morgan fingerprint density at radius 2 is 2.29 bits per heavy atom. The van der Waals surface area contributed by atoms with Gasteiger partial charge in [0, 0.05) is 13.1 Å². The Morgan fingerprint density at radius 1 is 1.48 bits per heavy atom. The molecule has 1 aliphatic rings. The number of ether oxygens (including phenoxy) is 1. The second-order valence-electron chi connectivity index (χ2n) is 5.51. The zero-order valence-corrected chi connectivity index (χ0v) is 12.7. The first kappa shape index (κ1) is 15.5. The zero-order valence-electron chi connectivity index (χ0n) is 12.7. The second-order valence-corrected chi connectivity index (χ2v) is 5.51. The highest BCUT2D eigenvalue weighted by Crippen LogP contribution is 2.36. The van der Waals surface area contributed by atoms with Gasteiger partial charge in [-0.3, -0.25) is 9.78 Å². The highest BCUT2D eigenvalue weighted by molar-refractivity contribution is 5.76. The highest BCUT2D eigenvalue weighted by atomic mass is 16.5. The predicted molar refractivity (Wildman–Crippen MR) is 79.6 cm³/mol. The predicted octanol–water partition coefficient (Wildman–Crippen LogP) is 2.35. The largest absolute Gasteiger partial charge is 0.481 e. The Kier molecular flexibility index (Phi) is 4.98. The van der Waals surface area contributed by atoms with E-state index in [2.05, 4.69) is 9.97 Å². The molecule has 2 rings (SSSR count). The summed E-state index contributed by atoms with van der Waals surface area (Å²) in [5.41, 5.74) is -0.670. The maximum Gasteiger partial charge on any atom is 0.311 e. The molecule has 1 aromatic heterocycles. The van der Waals surface area contributed by atoms with Gasteiger partial charge in [0.25, 0.3) is 0 Å². The van der Waals surface area contributed by atoms with E-state index >= 15 is 0 Å². The number of piperidine rings is 1. The molecule has 0 spiro atoms. The van der Waals surface area contributed by atoms with Crippen LogP contribution in [0.3, 0.4) is 0 Å². The fourth-order valence-corrected chi connectivity index (χ4v) is 3.00. The minimum atomic E-state index is -0.706. The van der Waals surface area contributed by atoms with Gasteiger partial charge in [0.1, 0.15) is 0 Å². The monoisotopic (exact) mass is 293 g/mol. The van der Waals surface area contributed by atoms with Gasteiger partial charge in [-0.1, -0.05) is 13.3 Å². The van der Waals surface area contributed by atoms with Crippen LogP contribution in [0.25, 0.3) is 0 Å². The van der Waals surface area contributed by atoms with Gasteiger partial charge in [-0.15, -0.1) is 0 Å². The normalized spacial score (nSPS) is 22.1. The molecule has 1 N–H and O–H groups in total. The van der Waals surface area contributed by atoms with Gasteiger partial charge >= 0.3 is 5.97 Å². The van der Waals surface area contributed by atoms with E-state index in [1.807, 2.05) is 18.7 Å². The smallest absolute Gasteiger partial charge is 0.311 e. The summed E-state index contributed by atoms with van der Waals surface area (Å²) in [5.74, 6) is 0.474. The third-order valence-electron chi connectivity index (χ3n) is 3.98. The van der Waals surface area contributed by atoms with Crippen LogP contribution >= 0.6 is 0 Å². The van der Waals surface area contributed by atoms with Gasteiger partial charge in [0.2, 0.25) is 5.88 Å². The number of carbonyl (C=O) groups is 1. The third kappa shape index (κ3) is 3.43. The number of carboxylic acid groups (broad SMARTS) is 1. The van der Waals surface area contributed by atoms with Crippen LogP contribution in [0.4, 0.5) is 5.82 Å². The summed E-state index contributed by atoms with van der Waals surface area (Å²) >= 11 is 0. The standard InChI is InChI=1S/C15H23N3O3/c1-3-6-15(14(19)20)7-5-8-18(11-15)12-9-16-10-13(17-12)21-4-2/h9-10H,3-8,11H2,1-2H3,(H,19,20). The summed E-state index contributed by atoms with van der Waals surface area (Å²) in [7, 11) is 0. The van der Waals surface area contributed by atoms with Crippen molar-refractivity contribution in [3.8, 4) is 5.88 Å². The van der Waals surface area contributed by atoms with Crippen molar-refractivity contribution in [2.45, 2.75) is 39.5 Å². The Morgan fingerprint density at radius 3 is 2.95 bits per heavy atom. The fraction of sp³-hybridized carbons (Fsp3) is 0.667. The quantitative estimate of drug-likeness (QED) is 0.867. The molecular weight excluding hydrogens is 270 g/mol. The van der Waals surface area contributed by atoms with Gasteiger partial charge in [-0.25, -0.2) is 0 Å². The maximum atomic E-state index is 11.7. The molecule has 0 radical (unpaired) electrons. The average Bonchev–Trinajstić information content (AvgIpc) is 2.48. The van der Waals surface area contributed by atoms with Crippen LogP contribution in [0.5, 0.6) is 5.88 Å². The molecule has 0 amide bonds. The highest BCUT2D eigenvalue weighted by Gasteiger charge is 2.42. The lowest BCUT2D eigenvalue weighted by molar-refractivity contribution is -0.150. The number of rotatable bonds is 6.